The molecule has 174 valence electrons. The molecular weight excluding hydrogens is 426 g/mol. The third-order valence-electron chi connectivity index (χ3n) is 5.23. The lowest BCUT2D eigenvalue weighted by molar-refractivity contribution is -0.149. The van der Waals surface area contributed by atoms with E-state index in [0.29, 0.717) is 35.5 Å². The van der Waals surface area contributed by atoms with E-state index in [2.05, 4.69) is 0 Å². The van der Waals surface area contributed by atoms with Crippen LogP contribution in [0.4, 0.5) is 8.78 Å². The van der Waals surface area contributed by atoms with E-state index in [1.54, 1.807) is 33.9 Å². The largest absolute Gasteiger partial charge is 0.497 e. The Morgan fingerprint density at radius 3 is 2.45 bits per heavy atom. The fourth-order valence-electron chi connectivity index (χ4n) is 3.63. The van der Waals surface area contributed by atoms with Crippen LogP contribution < -0.4 is 9.47 Å². The van der Waals surface area contributed by atoms with Crippen LogP contribution in [0.3, 0.4) is 0 Å². The zero-order valence-electron chi connectivity index (χ0n) is 19.3. The molecule has 6 heteroatoms. The number of carbonyl (C=O) groups is 1. The van der Waals surface area contributed by atoms with Gasteiger partial charge in [0.15, 0.2) is 6.61 Å². The van der Waals surface area contributed by atoms with Crippen LogP contribution in [0, 0.1) is 18.6 Å². The molecule has 0 saturated heterocycles. The van der Waals surface area contributed by atoms with Crippen molar-refractivity contribution in [3.63, 3.8) is 0 Å². The maximum absolute atomic E-state index is 14.6. The summed E-state index contributed by atoms with van der Waals surface area (Å²) in [7, 11) is 1.57. The van der Waals surface area contributed by atoms with E-state index < -0.39 is 5.97 Å². The standard InChI is InChI=1S/C27H28F2O4/c1-17(2)33-27(30)16-32-26-11-10-25(29)24(18(26)3)9-8-19-12-21(15-23(13-19)31-4)20-6-5-7-22(28)14-20/h5-7,10-15,17H,8-9,16H2,1-4H3. The first kappa shape index (κ1) is 24.2. The monoisotopic (exact) mass is 454 g/mol. The molecule has 0 atom stereocenters. The molecule has 0 unspecified atom stereocenters. The first-order chi connectivity index (χ1) is 15.8. The Balaban J connectivity index is 1.79. The average Bonchev–Trinajstić information content (AvgIpc) is 2.77. The van der Waals surface area contributed by atoms with Gasteiger partial charge < -0.3 is 14.2 Å². The summed E-state index contributed by atoms with van der Waals surface area (Å²) in [5, 5.41) is 0. The Morgan fingerprint density at radius 1 is 0.970 bits per heavy atom. The van der Waals surface area contributed by atoms with Gasteiger partial charge in [-0.05, 0) is 97.8 Å². The number of ether oxygens (including phenoxy) is 3. The highest BCUT2D eigenvalue weighted by Crippen LogP contribution is 2.29. The number of rotatable bonds is 9. The third-order valence-corrected chi connectivity index (χ3v) is 5.23. The lowest BCUT2D eigenvalue weighted by Crippen LogP contribution is -2.19. The zero-order valence-corrected chi connectivity index (χ0v) is 19.3. The first-order valence-corrected chi connectivity index (χ1v) is 10.8. The second-order valence-corrected chi connectivity index (χ2v) is 8.06. The van der Waals surface area contributed by atoms with Gasteiger partial charge in [-0.1, -0.05) is 18.2 Å². The number of esters is 1. The number of halogens is 2. The predicted molar refractivity (Wildman–Crippen MR) is 124 cm³/mol. The van der Waals surface area contributed by atoms with E-state index in [1.807, 2.05) is 24.3 Å². The number of benzene rings is 3. The molecular formula is C27H28F2O4. The van der Waals surface area contributed by atoms with Crippen LogP contribution in [0.15, 0.2) is 54.6 Å². The quantitative estimate of drug-likeness (QED) is 0.369. The fraction of sp³-hybridized carbons (Fsp3) is 0.296. The Hall–Kier alpha value is -3.41. The molecule has 4 nitrogen and oxygen atoms in total. The molecule has 0 aliphatic carbocycles. The molecule has 0 aliphatic rings. The van der Waals surface area contributed by atoms with Crippen molar-refractivity contribution in [2.75, 3.05) is 13.7 Å². The molecule has 0 aromatic heterocycles. The second-order valence-electron chi connectivity index (χ2n) is 8.06. The van der Waals surface area contributed by atoms with Gasteiger partial charge in [0.05, 0.1) is 13.2 Å². The summed E-state index contributed by atoms with van der Waals surface area (Å²) in [6, 6.07) is 14.9. The third kappa shape index (κ3) is 6.54. The average molecular weight is 455 g/mol. The molecule has 0 radical (unpaired) electrons. The van der Waals surface area contributed by atoms with Gasteiger partial charge in [0.1, 0.15) is 23.1 Å². The van der Waals surface area contributed by atoms with E-state index in [4.69, 9.17) is 14.2 Å². The second kappa shape index (κ2) is 10.9. The maximum Gasteiger partial charge on any atom is 0.344 e. The van der Waals surface area contributed by atoms with Crippen molar-refractivity contribution < 1.29 is 27.8 Å². The number of methoxy groups -OCH3 is 1. The van der Waals surface area contributed by atoms with Crippen LogP contribution in [-0.4, -0.2) is 25.8 Å². The van der Waals surface area contributed by atoms with Crippen LogP contribution in [-0.2, 0) is 22.4 Å². The highest BCUT2D eigenvalue weighted by molar-refractivity contribution is 5.71. The summed E-state index contributed by atoms with van der Waals surface area (Å²) in [4.78, 5) is 11.8. The minimum absolute atomic E-state index is 0.230. The smallest absolute Gasteiger partial charge is 0.344 e. The summed E-state index contributed by atoms with van der Waals surface area (Å²) < 4.78 is 44.4. The van der Waals surface area contributed by atoms with Gasteiger partial charge in [-0.25, -0.2) is 13.6 Å². The van der Waals surface area contributed by atoms with Gasteiger partial charge in [-0.15, -0.1) is 0 Å². The molecule has 33 heavy (non-hydrogen) atoms. The molecule has 0 heterocycles. The first-order valence-electron chi connectivity index (χ1n) is 10.8. The van der Waals surface area contributed by atoms with Crippen LogP contribution in [0.2, 0.25) is 0 Å². The van der Waals surface area contributed by atoms with Gasteiger partial charge >= 0.3 is 5.97 Å². The summed E-state index contributed by atoms with van der Waals surface area (Å²) >= 11 is 0. The van der Waals surface area contributed by atoms with Crippen LogP contribution in [0.5, 0.6) is 11.5 Å². The molecule has 0 N–H and O–H groups in total. The van der Waals surface area contributed by atoms with E-state index in [0.717, 1.165) is 16.7 Å². The summed E-state index contributed by atoms with van der Waals surface area (Å²) in [6.45, 7) is 5.05. The zero-order chi connectivity index (χ0) is 24.0. The van der Waals surface area contributed by atoms with Crippen molar-refractivity contribution in [3.8, 4) is 22.6 Å². The van der Waals surface area contributed by atoms with Gasteiger partial charge in [0.25, 0.3) is 0 Å². The molecule has 0 fully saturated rings. The summed E-state index contributed by atoms with van der Waals surface area (Å²) in [6.07, 6.45) is 0.725. The van der Waals surface area contributed by atoms with E-state index in [-0.39, 0.29) is 24.3 Å². The Bertz CT molecular complexity index is 1130. The molecule has 0 bridgehead atoms. The van der Waals surface area contributed by atoms with Gasteiger partial charge in [0.2, 0.25) is 0 Å². The van der Waals surface area contributed by atoms with Crippen LogP contribution >= 0.6 is 0 Å². The number of aryl methyl sites for hydroxylation is 1. The number of carbonyl (C=O) groups excluding carboxylic acids is 1. The van der Waals surface area contributed by atoms with Gasteiger partial charge in [-0.3, -0.25) is 0 Å². The van der Waals surface area contributed by atoms with Crippen molar-refractivity contribution in [2.45, 2.75) is 39.7 Å². The van der Waals surface area contributed by atoms with Crippen molar-refractivity contribution in [1.82, 2.24) is 0 Å². The molecule has 3 rings (SSSR count). The summed E-state index contributed by atoms with van der Waals surface area (Å²) in [5.74, 6) is -0.0408. The minimum Gasteiger partial charge on any atom is -0.497 e. The van der Waals surface area contributed by atoms with Crippen molar-refractivity contribution >= 4 is 5.97 Å². The van der Waals surface area contributed by atoms with Crippen molar-refractivity contribution in [2.24, 2.45) is 0 Å². The highest BCUT2D eigenvalue weighted by atomic mass is 19.1. The molecule has 3 aromatic carbocycles. The minimum atomic E-state index is -0.475. The molecule has 0 amide bonds. The van der Waals surface area contributed by atoms with Gasteiger partial charge in [-0.2, -0.15) is 0 Å². The molecule has 0 aliphatic heterocycles. The van der Waals surface area contributed by atoms with Crippen molar-refractivity contribution in [1.29, 1.82) is 0 Å². The molecule has 3 aromatic rings. The van der Waals surface area contributed by atoms with E-state index >= 15 is 0 Å². The Morgan fingerprint density at radius 2 is 1.76 bits per heavy atom. The lowest BCUT2D eigenvalue weighted by atomic mass is 9.96. The number of hydrogen-bond acceptors (Lipinski definition) is 4. The summed E-state index contributed by atoms with van der Waals surface area (Å²) in [5.41, 5.74) is 3.64. The normalized spacial score (nSPS) is 10.9. The maximum atomic E-state index is 14.6. The highest BCUT2D eigenvalue weighted by Gasteiger charge is 2.14. The fourth-order valence-corrected chi connectivity index (χ4v) is 3.63. The van der Waals surface area contributed by atoms with E-state index in [9.17, 15) is 13.6 Å². The van der Waals surface area contributed by atoms with E-state index in [1.165, 1.54) is 24.3 Å². The topological polar surface area (TPSA) is 44.8 Å². The van der Waals surface area contributed by atoms with Gasteiger partial charge in [0, 0.05) is 0 Å². The Labute approximate surface area is 193 Å². The SMILES string of the molecule is COc1cc(CCc2c(F)ccc(OCC(=O)OC(C)C)c2C)cc(-c2cccc(F)c2)c1. The number of hydrogen-bond donors (Lipinski definition) is 0. The van der Waals surface area contributed by atoms with Crippen molar-refractivity contribution in [3.05, 3.63) is 82.9 Å². The Kier molecular flexibility index (Phi) is 8.04. The lowest BCUT2D eigenvalue weighted by Gasteiger charge is -2.15. The predicted octanol–water partition coefficient (Wildman–Crippen LogP) is 6.06. The van der Waals surface area contributed by atoms with Crippen LogP contribution in [0.25, 0.3) is 11.1 Å². The molecule has 0 spiro atoms. The molecule has 0 saturated carbocycles. The van der Waals surface area contributed by atoms with Crippen LogP contribution in [0.1, 0.15) is 30.5 Å².